The van der Waals surface area contributed by atoms with Gasteiger partial charge in [-0.3, -0.25) is 0 Å². The summed E-state index contributed by atoms with van der Waals surface area (Å²) >= 11 is 0. The van der Waals surface area contributed by atoms with Crippen molar-refractivity contribution in [3.63, 3.8) is 0 Å². The highest BCUT2D eigenvalue weighted by molar-refractivity contribution is 5.91. The molecule has 0 fully saturated rings. The van der Waals surface area contributed by atoms with Gasteiger partial charge >= 0.3 is 5.97 Å². The summed E-state index contributed by atoms with van der Waals surface area (Å²) in [6.07, 6.45) is 0. The number of benzene rings is 1. The van der Waals surface area contributed by atoms with Gasteiger partial charge in [0.2, 0.25) is 5.88 Å². The van der Waals surface area contributed by atoms with Crippen molar-refractivity contribution in [1.82, 2.24) is 4.98 Å². The number of rotatable bonds is 2. The van der Waals surface area contributed by atoms with Gasteiger partial charge in [0.25, 0.3) is 0 Å². The van der Waals surface area contributed by atoms with E-state index in [4.69, 9.17) is 10.00 Å². The number of nitriles is 1. The summed E-state index contributed by atoms with van der Waals surface area (Å²) in [4.78, 5) is 15.8. The summed E-state index contributed by atoms with van der Waals surface area (Å²) in [5.41, 5.74) is 0.304. The molecular weight excluding hydrogens is 278 g/mol. The Hall–Kier alpha value is -2.81. The molecule has 106 valence electrons. The van der Waals surface area contributed by atoms with Gasteiger partial charge in [0.1, 0.15) is 28.8 Å². The molecule has 0 saturated carbocycles. The second-order valence-electron chi connectivity index (χ2n) is 4.36. The van der Waals surface area contributed by atoms with Gasteiger partial charge < -0.3 is 4.74 Å². The summed E-state index contributed by atoms with van der Waals surface area (Å²) in [6.45, 7) is 3.30. The van der Waals surface area contributed by atoms with Crippen molar-refractivity contribution in [2.75, 3.05) is 0 Å². The van der Waals surface area contributed by atoms with E-state index in [1.54, 1.807) is 19.9 Å². The van der Waals surface area contributed by atoms with Crippen LogP contribution >= 0.6 is 0 Å². The van der Waals surface area contributed by atoms with E-state index in [2.05, 4.69) is 4.98 Å². The SMILES string of the molecule is Cc1cc(C)c(C#N)c(OC(=O)c2c(F)cccc2F)n1. The normalized spacial score (nSPS) is 10.0. The molecule has 4 nitrogen and oxygen atoms in total. The molecule has 0 saturated heterocycles. The minimum absolute atomic E-state index is 0.0469. The highest BCUT2D eigenvalue weighted by Gasteiger charge is 2.21. The third-order valence-corrected chi connectivity index (χ3v) is 2.78. The van der Waals surface area contributed by atoms with E-state index in [9.17, 15) is 13.6 Å². The smallest absolute Gasteiger partial charge is 0.350 e. The number of esters is 1. The minimum Gasteiger partial charge on any atom is -0.402 e. The molecular formula is C15H10F2N2O2. The molecule has 0 spiro atoms. The fourth-order valence-electron chi connectivity index (χ4n) is 1.84. The molecule has 0 aliphatic carbocycles. The molecule has 6 heteroatoms. The Morgan fingerprint density at radius 1 is 1.29 bits per heavy atom. The van der Waals surface area contributed by atoms with E-state index in [0.717, 1.165) is 18.2 Å². The van der Waals surface area contributed by atoms with Gasteiger partial charge in [0, 0.05) is 5.69 Å². The van der Waals surface area contributed by atoms with Crippen LogP contribution in [0.2, 0.25) is 0 Å². The lowest BCUT2D eigenvalue weighted by molar-refractivity contribution is 0.0716. The van der Waals surface area contributed by atoms with E-state index in [1.807, 2.05) is 6.07 Å². The first kappa shape index (κ1) is 14.6. The van der Waals surface area contributed by atoms with Gasteiger partial charge in [0.15, 0.2) is 0 Å². The number of ether oxygens (including phenoxy) is 1. The number of hydrogen-bond acceptors (Lipinski definition) is 4. The highest BCUT2D eigenvalue weighted by Crippen LogP contribution is 2.22. The largest absolute Gasteiger partial charge is 0.402 e. The molecule has 1 aromatic heterocycles. The van der Waals surface area contributed by atoms with Crippen LogP contribution in [0.15, 0.2) is 24.3 Å². The van der Waals surface area contributed by atoms with Crippen molar-refractivity contribution in [2.45, 2.75) is 13.8 Å². The maximum atomic E-state index is 13.5. The van der Waals surface area contributed by atoms with Crippen LogP contribution in [-0.2, 0) is 0 Å². The predicted molar refractivity (Wildman–Crippen MR) is 69.7 cm³/mol. The average molecular weight is 288 g/mol. The number of carbonyl (C=O) groups is 1. The van der Waals surface area contributed by atoms with Gasteiger partial charge in [-0.1, -0.05) is 6.07 Å². The fourth-order valence-corrected chi connectivity index (χ4v) is 1.84. The number of aromatic nitrogens is 1. The van der Waals surface area contributed by atoms with Crippen LogP contribution in [0.3, 0.4) is 0 Å². The number of halogens is 2. The molecule has 21 heavy (non-hydrogen) atoms. The molecule has 2 aromatic rings. The number of aryl methyl sites for hydroxylation is 2. The number of hydrogen-bond donors (Lipinski definition) is 0. The van der Waals surface area contributed by atoms with Crippen molar-refractivity contribution in [1.29, 1.82) is 5.26 Å². The Morgan fingerprint density at radius 3 is 2.48 bits per heavy atom. The maximum Gasteiger partial charge on any atom is 0.350 e. The molecule has 1 aromatic carbocycles. The van der Waals surface area contributed by atoms with E-state index in [-0.39, 0.29) is 11.4 Å². The summed E-state index contributed by atoms with van der Waals surface area (Å²) in [5, 5.41) is 9.05. The topological polar surface area (TPSA) is 63.0 Å². The maximum absolute atomic E-state index is 13.5. The van der Waals surface area contributed by atoms with Crippen LogP contribution in [0.5, 0.6) is 5.88 Å². The standard InChI is InChI=1S/C15H10F2N2O2/c1-8-6-9(2)19-14(10(8)7-18)21-15(20)13-11(16)4-3-5-12(13)17/h3-6H,1-2H3. The summed E-state index contributed by atoms with van der Waals surface area (Å²) in [7, 11) is 0. The molecule has 2 rings (SSSR count). The Labute approximate surface area is 119 Å². The Balaban J connectivity index is 2.44. The molecule has 0 aliphatic heterocycles. The lowest BCUT2D eigenvalue weighted by Gasteiger charge is -2.09. The fraction of sp³-hybridized carbons (Fsp3) is 0.133. The van der Waals surface area contributed by atoms with Gasteiger partial charge in [-0.05, 0) is 37.6 Å². The van der Waals surface area contributed by atoms with Crippen LogP contribution in [0.4, 0.5) is 8.78 Å². The lowest BCUT2D eigenvalue weighted by Crippen LogP contribution is -2.15. The lowest BCUT2D eigenvalue weighted by atomic mass is 10.1. The monoisotopic (exact) mass is 288 g/mol. The first-order valence-electron chi connectivity index (χ1n) is 5.98. The Bertz CT molecular complexity index is 747. The minimum atomic E-state index is -1.24. The van der Waals surface area contributed by atoms with Crippen LogP contribution in [-0.4, -0.2) is 11.0 Å². The van der Waals surface area contributed by atoms with Crippen LogP contribution in [0.1, 0.15) is 27.2 Å². The third kappa shape index (κ3) is 2.87. The number of carbonyl (C=O) groups excluding carboxylic acids is 1. The first-order valence-corrected chi connectivity index (χ1v) is 5.98. The molecule has 0 N–H and O–H groups in total. The van der Waals surface area contributed by atoms with Crippen molar-refractivity contribution >= 4 is 5.97 Å². The van der Waals surface area contributed by atoms with Crippen molar-refractivity contribution in [3.8, 4) is 11.9 Å². The third-order valence-electron chi connectivity index (χ3n) is 2.78. The second kappa shape index (κ2) is 5.67. The van der Waals surface area contributed by atoms with Gasteiger partial charge in [-0.25, -0.2) is 18.6 Å². The van der Waals surface area contributed by atoms with E-state index in [1.165, 1.54) is 0 Å². The highest BCUT2D eigenvalue weighted by atomic mass is 19.1. The quantitative estimate of drug-likeness (QED) is 0.797. The van der Waals surface area contributed by atoms with E-state index in [0.29, 0.717) is 11.3 Å². The summed E-state index contributed by atoms with van der Waals surface area (Å²) in [5.74, 6) is -3.58. The summed E-state index contributed by atoms with van der Waals surface area (Å²) < 4.78 is 31.9. The molecule has 0 atom stereocenters. The molecule has 0 bridgehead atoms. The van der Waals surface area contributed by atoms with E-state index >= 15 is 0 Å². The van der Waals surface area contributed by atoms with Crippen LogP contribution < -0.4 is 4.74 Å². The first-order chi connectivity index (χ1) is 9.93. The zero-order chi connectivity index (χ0) is 15.6. The van der Waals surface area contributed by atoms with Gasteiger partial charge in [-0.15, -0.1) is 0 Å². The average Bonchev–Trinajstić information content (AvgIpc) is 2.37. The molecule has 0 radical (unpaired) electrons. The molecule has 0 aliphatic rings. The van der Waals surface area contributed by atoms with Gasteiger partial charge in [-0.2, -0.15) is 5.26 Å². The van der Waals surface area contributed by atoms with Crippen LogP contribution in [0, 0.1) is 36.8 Å². The van der Waals surface area contributed by atoms with Crippen molar-refractivity contribution in [2.24, 2.45) is 0 Å². The zero-order valence-corrected chi connectivity index (χ0v) is 11.3. The summed E-state index contributed by atoms with van der Waals surface area (Å²) in [6, 6.07) is 6.51. The van der Waals surface area contributed by atoms with Crippen molar-refractivity contribution < 1.29 is 18.3 Å². The number of nitrogens with zero attached hydrogens (tertiary/aromatic N) is 2. The van der Waals surface area contributed by atoms with Crippen molar-refractivity contribution in [3.05, 3.63) is 58.3 Å². The van der Waals surface area contributed by atoms with E-state index < -0.39 is 23.2 Å². The Morgan fingerprint density at radius 2 is 1.90 bits per heavy atom. The predicted octanol–water partition coefficient (Wildman–Crippen LogP) is 3.07. The molecule has 0 amide bonds. The van der Waals surface area contributed by atoms with Crippen LogP contribution in [0.25, 0.3) is 0 Å². The zero-order valence-electron chi connectivity index (χ0n) is 11.3. The Kier molecular flexibility index (Phi) is 3.94. The second-order valence-corrected chi connectivity index (χ2v) is 4.36. The molecule has 0 unspecified atom stereocenters. The molecule has 1 heterocycles. The van der Waals surface area contributed by atoms with Gasteiger partial charge in [0.05, 0.1) is 0 Å². The number of pyridine rings is 1.